The molecule has 0 radical (unpaired) electrons. The van der Waals surface area contributed by atoms with E-state index in [1.54, 1.807) is 17.0 Å². The number of hydrogen-bond donors (Lipinski definition) is 1. The van der Waals surface area contributed by atoms with Crippen LogP contribution in [-0.2, 0) is 19.0 Å². The fraction of sp³-hybridized carbons (Fsp3) is 0.500. The van der Waals surface area contributed by atoms with Crippen molar-refractivity contribution in [2.24, 2.45) is 0 Å². The minimum atomic E-state index is -0.427. The predicted molar refractivity (Wildman–Crippen MR) is 86.0 cm³/mol. The van der Waals surface area contributed by atoms with Gasteiger partial charge in [-0.05, 0) is 18.2 Å². The van der Waals surface area contributed by atoms with Gasteiger partial charge in [0, 0.05) is 25.7 Å². The first-order valence-electron chi connectivity index (χ1n) is 7.83. The van der Waals surface area contributed by atoms with Crippen LogP contribution < -0.4 is 9.80 Å². The van der Waals surface area contributed by atoms with Gasteiger partial charge in [-0.25, -0.2) is 4.39 Å². The second-order valence-electron chi connectivity index (χ2n) is 5.69. The van der Waals surface area contributed by atoms with Crippen LogP contribution in [0.15, 0.2) is 18.2 Å². The Morgan fingerprint density at radius 1 is 1.42 bits per heavy atom. The van der Waals surface area contributed by atoms with E-state index < -0.39 is 12.1 Å². The van der Waals surface area contributed by atoms with E-state index in [9.17, 15) is 9.18 Å². The van der Waals surface area contributed by atoms with Crippen LogP contribution in [0.2, 0.25) is 0 Å². The Labute approximate surface area is 139 Å². The van der Waals surface area contributed by atoms with Crippen molar-refractivity contribution >= 4 is 23.4 Å². The zero-order chi connectivity index (χ0) is 17.1. The zero-order valence-electron chi connectivity index (χ0n) is 13.5. The SMILES string of the molecule is CC(=O)OC[C@H]1CN(c2ccc(N3CCOCC3)c(F)c2)C(=N)O1. The summed E-state index contributed by atoms with van der Waals surface area (Å²) < 4.78 is 30.0. The number of halogens is 1. The summed E-state index contributed by atoms with van der Waals surface area (Å²) in [6.45, 7) is 4.21. The lowest BCUT2D eigenvalue weighted by Crippen LogP contribution is -2.36. The highest BCUT2D eigenvalue weighted by Gasteiger charge is 2.31. The molecule has 24 heavy (non-hydrogen) atoms. The molecule has 0 saturated carbocycles. The maximum absolute atomic E-state index is 14.5. The highest BCUT2D eigenvalue weighted by molar-refractivity contribution is 5.91. The highest BCUT2D eigenvalue weighted by atomic mass is 19.1. The first-order valence-corrected chi connectivity index (χ1v) is 7.83. The summed E-state index contributed by atoms with van der Waals surface area (Å²) >= 11 is 0. The Morgan fingerprint density at radius 3 is 2.83 bits per heavy atom. The number of amidine groups is 1. The molecule has 2 aliphatic heterocycles. The Hall–Kier alpha value is -2.35. The van der Waals surface area contributed by atoms with E-state index in [0.717, 1.165) is 0 Å². The summed E-state index contributed by atoms with van der Waals surface area (Å²) in [6, 6.07) is 4.80. The lowest BCUT2D eigenvalue weighted by atomic mass is 10.2. The minimum Gasteiger partial charge on any atom is -0.462 e. The molecule has 7 nitrogen and oxygen atoms in total. The van der Waals surface area contributed by atoms with Crippen LogP contribution in [-0.4, -0.2) is 57.5 Å². The van der Waals surface area contributed by atoms with Crippen LogP contribution in [0.4, 0.5) is 15.8 Å². The van der Waals surface area contributed by atoms with Crippen LogP contribution >= 0.6 is 0 Å². The number of anilines is 2. The monoisotopic (exact) mass is 337 g/mol. The largest absolute Gasteiger partial charge is 0.462 e. The Balaban J connectivity index is 1.69. The van der Waals surface area contributed by atoms with E-state index in [0.29, 0.717) is 44.2 Å². The third-order valence-corrected chi connectivity index (χ3v) is 3.98. The van der Waals surface area contributed by atoms with Gasteiger partial charge in [0.2, 0.25) is 0 Å². The summed E-state index contributed by atoms with van der Waals surface area (Å²) in [5, 5.41) is 7.89. The number of ether oxygens (including phenoxy) is 3. The highest BCUT2D eigenvalue weighted by Crippen LogP contribution is 2.28. The second kappa shape index (κ2) is 7.04. The Bertz CT molecular complexity index is 634. The van der Waals surface area contributed by atoms with Crippen molar-refractivity contribution < 1.29 is 23.4 Å². The van der Waals surface area contributed by atoms with Crippen molar-refractivity contribution in [3.8, 4) is 0 Å². The van der Waals surface area contributed by atoms with Gasteiger partial charge >= 0.3 is 5.97 Å². The number of carbonyl (C=O) groups excluding carboxylic acids is 1. The standard InChI is InChI=1S/C16H20FN3O4/c1-11(21)23-10-13-9-20(16(18)24-13)12-2-3-15(14(17)8-12)19-4-6-22-7-5-19/h2-3,8,13,18H,4-7,9-10H2,1H3/t13-/m1/s1. The summed E-state index contributed by atoms with van der Waals surface area (Å²) in [5.74, 6) is -0.741. The summed E-state index contributed by atoms with van der Waals surface area (Å²) in [6.07, 6.45) is -0.427. The lowest BCUT2D eigenvalue weighted by Gasteiger charge is -2.29. The molecule has 130 valence electrons. The number of rotatable bonds is 4. The molecule has 2 fully saturated rings. The van der Waals surface area contributed by atoms with E-state index in [1.165, 1.54) is 13.0 Å². The van der Waals surface area contributed by atoms with Gasteiger partial charge < -0.3 is 19.1 Å². The number of nitrogens with zero attached hydrogens (tertiary/aromatic N) is 2. The molecule has 1 aromatic carbocycles. The summed E-state index contributed by atoms with van der Waals surface area (Å²) in [7, 11) is 0. The lowest BCUT2D eigenvalue weighted by molar-refractivity contribution is -0.143. The number of nitrogens with one attached hydrogen (secondary N) is 1. The van der Waals surface area contributed by atoms with Gasteiger partial charge in [0.1, 0.15) is 12.4 Å². The molecule has 2 aliphatic rings. The van der Waals surface area contributed by atoms with Crippen molar-refractivity contribution in [3.63, 3.8) is 0 Å². The molecule has 0 aliphatic carbocycles. The van der Waals surface area contributed by atoms with E-state index in [2.05, 4.69) is 0 Å². The smallest absolute Gasteiger partial charge is 0.302 e. The van der Waals surface area contributed by atoms with Crippen LogP contribution in [0, 0.1) is 11.2 Å². The summed E-state index contributed by atoms with van der Waals surface area (Å²) in [5.41, 5.74) is 1.07. The minimum absolute atomic E-state index is 0.0720. The maximum Gasteiger partial charge on any atom is 0.302 e. The topological polar surface area (TPSA) is 75.1 Å². The number of esters is 1. The van der Waals surface area contributed by atoms with E-state index in [-0.39, 0.29) is 18.4 Å². The molecule has 0 amide bonds. The molecule has 0 aromatic heterocycles. The zero-order valence-corrected chi connectivity index (χ0v) is 13.5. The average molecular weight is 337 g/mol. The van der Waals surface area contributed by atoms with E-state index in [1.807, 2.05) is 4.90 Å². The molecule has 1 N–H and O–H groups in total. The molecular formula is C16H20FN3O4. The first kappa shape index (κ1) is 16.5. The molecule has 2 saturated heterocycles. The number of carbonyl (C=O) groups is 1. The Kier molecular flexibility index (Phi) is 4.84. The van der Waals surface area contributed by atoms with E-state index >= 15 is 0 Å². The molecule has 0 bridgehead atoms. The van der Waals surface area contributed by atoms with Crippen LogP contribution in [0.25, 0.3) is 0 Å². The Morgan fingerprint density at radius 2 is 2.17 bits per heavy atom. The molecule has 1 atom stereocenters. The van der Waals surface area contributed by atoms with Gasteiger partial charge in [0.25, 0.3) is 6.02 Å². The van der Waals surface area contributed by atoms with Gasteiger partial charge in [0.15, 0.2) is 6.10 Å². The molecular weight excluding hydrogens is 317 g/mol. The second-order valence-corrected chi connectivity index (χ2v) is 5.69. The molecule has 3 rings (SSSR count). The van der Waals surface area contributed by atoms with Crippen LogP contribution in [0.5, 0.6) is 0 Å². The van der Waals surface area contributed by atoms with Crippen molar-refractivity contribution in [2.45, 2.75) is 13.0 Å². The van der Waals surface area contributed by atoms with Crippen molar-refractivity contribution in [3.05, 3.63) is 24.0 Å². The fourth-order valence-corrected chi connectivity index (χ4v) is 2.79. The molecule has 1 aromatic rings. The van der Waals surface area contributed by atoms with Gasteiger partial charge in [0.05, 0.1) is 25.4 Å². The summed E-state index contributed by atoms with van der Waals surface area (Å²) in [4.78, 5) is 14.4. The first-order chi connectivity index (χ1) is 11.5. The average Bonchev–Trinajstić information content (AvgIpc) is 2.94. The van der Waals surface area contributed by atoms with Gasteiger partial charge in [-0.2, -0.15) is 0 Å². The molecule has 0 spiro atoms. The number of benzene rings is 1. The van der Waals surface area contributed by atoms with Crippen molar-refractivity contribution in [1.82, 2.24) is 0 Å². The van der Waals surface area contributed by atoms with Gasteiger partial charge in [-0.1, -0.05) is 0 Å². The number of hydrogen-bond acceptors (Lipinski definition) is 6. The van der Waals surface area contributed by atoms with Crippen LogP contribution in [0.3, 0.4) is 0 Å². The molecule has 2 heterocycles. The third kappa shape index (κ3) is 3.59. The predicted octanol–water partition coefficient (Wildman–Crippen LogP) is 1.37. The number of morpholine rings is 1. The fourth-order valence-electron chi connectivity index (χ4n) is 2.79. The molecule has 0 unspecified atom stereocenters. The van der Waals surface area contributed by atoms with E-state index in [4.69, 9.17) is 19.6 Å². The van der Waals surface area contributed by atoms with Crippen molar-refractivity contribution in [2.75, 3.05) is 49.3 Å². The van der Waals surface area contributed by atoms with Crippen LogP contribution in [0.1, 0.15) is 6.92 Å². The van der Waals surface area contributed by atoms with Gasteiger partial charge in [-0.15, -0.1) is 0 Å². The normalized spacial score (nSPS) is 20.9. The van der Waals surface area contributed by atoms with Crippen molar-refractivity contribution in [1.29, 1.82) is 5.41 Å². The molecule has 8 heteroatoms. The van der Waals surface area contributed by atoms with Gasteiger partial charge in [-0.3, -0.25) is 15.1 Å². The third-order valence-electron chi connectivity index (χ3n) is 3.98. The quantitative estimate of drug-likeness (QED) is 0.837. The maximum atomic E-state index is 14.5.